The van der Waals surface area contributed by atoms with Gasteiger partial charge in [-0.3, -0.25) is 4.79 Å². The summed E-state index contributed by atoms with van der Waals surface area (Å²) in [6.07, 6.45) is 3.36. The van der Waals surface area contributed by atoms with Crippen LogP contribution in [0.2, 0.25) is 5.15 Å². The lowest BCUT2D eigenvalue weighted by atomic mass is 10.1. The molecule has 2 N–H and O–H groups in total. The van der Waals surface area contributed by atoms with Crippen LogP contribution < -0.4 is 10.6 Å². The van der Waals surface area contributed by atoms with E-state index in [0.29, 0.717) is 16.5 Å². The summed E-state index contributed by atoms with van der Waals surface area (Å²) >= 11 is 5.81. The highest BCUT2D eigenvalue weighted by Gasteiger charge is 2.25. The molecular weight excluding hydrogens is 278 g/mol. The Kier molecular flexibility index (Phi) is 3.15. The van der Waals surface area contributed by atoms with Gasteiger partial charge < -0.3 is 10.6 Å². The Morgan fingerprint density at radius 1 is 1.45 bits per heavy atom. The number of hydrogen-bond acceptors (Lipinski definition) is 4. The number of anilines is 2. The lowest BCUT2D eigenvalue weighted by Crippen LogP contribution is -2.07. The third kappa shape index (κ3) is 2.14. The Hall–Kier alpha value is -2.34. The van der Waals surface area contributed by atoms with Crippen molar-refractivity contribution in [3.8, 4) is 0 Å². The van der Waals surface area contributed by atoms with Crippen molar-refractivity contribution in [1.29, 1.82) is 0 Å². The Morgan fingerprint density at radius 3 is 3.10 bits per heavy atom. The van der Waals surface area contributed by atoms with Gasteiger partial charge in [0.15, 0.2) is 0 Å². The molecule has 1 amide bonds. The monoisotopic (exact) mass is 289 g/mol. The average molecular weight is 290 g/mol. The third-order valence-corrected chi connectivity index (χ3v) is 3.22. The molecule has 0 atom stereocenters. The highest BCUT2D eigenvalue weighted by molar-refractivity contribution is 6.33. The molecule has 0 unspecified atom stereocenters. The van der Waals surface area contributed by atoms with Crippen molar-refractivity contribution < 1.29 is 4.79 Å². The molecule has 0 aliphatic carbocycles. The predicted molar refractivity (Wildman–Crippen MR) is 77.4 cm³/mol. The van der Waals surface area contributed by atoms with E-state index in [1.807, 2.05) is 13.0 Å². The van der Waals surface area contributed by atoms with Crippen LogP contribution in [0.15, 0.2) is 30.6 Å². The fraction of sp³-hybridized carbons (Fsp3) is 0.154. The van der Waals surface area contributed by atoms with E-state index in [1.165, 1.54) is 0 Å². The summed E-state index contributed by atoms with van der Waals surface area (Å²) in [6, 6.07) is 5.27. The van der Waals surface area contributed by atoms with Gasteiger partial charge in [0.1, 0.15) is 16.8 Å². The van der Waals surface area contributed by atoms with Gasteiger partial charge in [-0.15, -0.1) is 0 Å². The van der Waals surface area contributed by atoms with E-state index >= 15 is 0 Å². The van der Waals surface area contributed by atoms with Crippen LogP contribution in [0.1, 0.15) is 12.5 Å². The highest BCUT2D eigenvalue weighted by atomic mass is 35.5. The van der Waals surface area contributed by atoms with E-state index in [1.54, 1.807) is 29.2 Å². The van der Waals surface area contributed by atoms with Crippen LogP contribution in [0.5, 0.6) is 0 Å². The van der Waals surface area contributed by atoms with Crippen LogP contribution in [-0.4, -0.2) is 20.7 Å². The van der Waals surface area contributed by atoms with Crippen molar-refractivity contribution in [1.82, 2.24) is 14.8 Å². The summed E-state index contributed by atoms with van der Waals surface area (Å²) in [5, 5.41) is 10.3. The van der Waals surface area contributed by atoms with Gasteiger partial charge in [0.25, 0.3) is 5.91 Å². The first-order valence-electron chi connectivity index (χ1n) is 6.16. The lowest BCUT2D eigenvalue weighted by molar-refractivity contribution is -0.110. The van der Waals surface area contributed by atoms with Crippen LogP contribution in [0.4, 0.5) is 11.6 Å². The number of carbonyl (C=O) groups excluding carboxylic acids is 1. The van der Waals surface area contributed by atoms with Crippen molar-refractivity contribution in [2.24, 2.45) is 0 Å². The van der Waals surface area contributed by atoms with Gasteiger partial charge in [-0.1, -0.05) is 11.6 Å². The minimum absolute atomic E-state index is 0.204. The first-order chi connectivity index (χ1) is 9.69. The number of amides is 1. The second-order valence-corrected chi connectivity index (χ2v) is 4.61. The minimum Gasteiger partial charge on any atom is -0.346 e. The maximum Gasteiger partial charge on any atom is 0.259 e. The fourth-order valence-electron chi connectivity index (χ4n) is 2.04. The number of fused-ring (bicyclic) bond motifs is 1. The van der Waals surface area contributed by atoms with Crippen molar-refractivity contribution in [3.63, 3.8) is 0 Å². The second-order valence-electron chi connectivity index (χ2n) is 4.22. The van der Waals surface area contributed by atoms with Crippen molar-refractivity contribution in [3.05, 3.63) is 41.3 Å². The summed E-state index contributed by atoms with van der Waals surface area (Å²) < 4.78 is 1.80. The lowest BCUT2D eigenvalue weighted by Gasteiger charge is -2.04. The molecule has 3 heterocycles. The minimum atomic E-state index is -0.204. The van der Waals surface area contributed by atoms with Crippen molar-refractivity contribution in [2.45, 2.75) is 13.5 Å². The summed E-state index contributed by atoms with van der Waals surface area (Å²) in [5.41, 5.74) is 1.25. The van der Waals surface area contributed by atoms with Gasteiger partial charge in [0.05, 0.1) is 11.8 Å². The number of pyridine rings is 1. The van der Waals surface area contributed by atoms with Crippen LogP contribution in [-0.2, 0) is 11.3 Å². The smallest absolute Gasteiger partial charge is 0.259 e. The Morgan fingerprint density at radius 2 is 2.30 bits per heavy atom. The maximum atomic E-state index is 11.9. The van der Waals surface area contributed by atoms with E-state index in [2.05, 4.69) is 20.7 Å². The van der Waals surface area contributed by atoms with Gasteiger partial charge in [-0.05, 0) is 19.1 Å². The average Bonchev–Trinajstić information content (AvgIpc) is 2.99. The van der Waals surface area contributed by atoms with Crippen LogP contribution in [0.3, 0.4) is 0 Å². The largest absolute Gasteiger partial charge is 0.346 e. The van der Waals surface area contributed by atoms with E-state index in [9.17, 15) is 4.79 Å². The first kappa shape index (κ1) is 12.7. The third-order valence-electron chi connectivity index (χ3n) is 3.01. The standard InChI is InChI=1S/C13H12ClN5O/c1-2-19-11(5-6-16-19)15-7-9-8-3-4-10(14)17-12(8)18-13(9)20/h3-7,15H,2H2,1H3,(H,17,18,20)/b9-7-. The second kappa shape index (κ2) is 4.97. The number of nitrogens with zero attached hydrogens (tertiary/aromatic N) is 3. The molecule has 0 fully saturated rings. The van der Waals surface area contributed by atoms with E-state index in [4.69, 9.17) is 11.6 Å². The molecule has 3 rings (SSSR count). The van der Waals surface area contributed by atoms with Gasteiger partial charge in [-0.2, -0.15) is 5.10 Å². The molecule has 0 spiro atoms. The molecule has 7 heteroatoms. The molecule has 6 nitrogen and oxygen atoms in total. The molecule has 20 heavy (non-hydrogen) atoms. The van der Waals surface area contributed by atoms with Gasteiger partial charge >= 0.3 is 0 Å². The predicted octanol–water partition coefficient (Wildman–Crippen LogP) is 2.36. The topological polar surface area (TPSA) is 71.8 Å². The summed E-state index contributed by atoms with van der Waals surface area (Å²) in [4.78, 5) is 16.0. The molecule has 0 radical (unpaired) electrons. The van der Waals surface area contributed by atoms with E-state index < -0.39 is 0 Å². The van der Waals surface area contributed by atoms with E-state index in [-0.39, 0.29) is 5.91 Å². The van der Waals surface area contributed by atoms with Crippen LogP contribution >= 0.6 is 11.6 Å². The van der Waals surface area contributed by atoms with Crippen molar-refractivity contribution in [2.75, 3.05) is 10.6 Å². The van der Waals surface area contributed by atoms with Crippen molar-refractivity contribution >= 4 is 34.7 Å². The van der Waals surface area contributed by atoms with Crippen LogP contribution in [0, 0.1) is 0 Å². The molecule has 102 valence electrons. The maximum absolute atomic E-state index is 11.9. The quantitative estimate of drug-likeness (QED) is 0.672. The summed E-state index contributed by atoms with van der Waals surface area (Å²) in [5.74, 6) is 1.10. The Labute approximate surface area is 120 Å². The van der Waals surface area contributed by atoms with E-state index in [0.717, 1.165) is 17.9 Å². The molecular formula is C13H12ClN5O. The number of hydrogen-bond donors (Lipinski definition) is 2. The summed E-state index contributed by atoms with van der Waals surface area (Å²) in [6.45, 7) is 2.74. The zero-order chi connectivity index (χ0) is 14.1. The molecule has 2 aromatic heterocycles. The number of aryl methyl sites for hydroxylation is 1. The first-order valence-corrected chi connectivity index (χ1v) is 6.53. The fourth-order valence-corrected chi connectivity index (χ4v) is 2.19. The molecule has 0 bridgehead atoms. The SMILES string of the molecule is CCn1nccc1N/C=C1\C(=O)Nc2nc(Cl)ccc21. The highest BCUT2D eigenvalue weighted by Crippen LogP contribution is 2.31. The normalized spacial score (nSPS) is 15.3. The number of carbonyl (C=O) groups is 1. The number of rotatable bonds is 3. The number of nitrogens with one attached hydrogen (secondary N) is 2. The number of aromatic nitrogens is 3. The molecule has 0 aromatic carbocycles. The van der Waals surface area contributed by atoms with Gasteiger partial charge in [0.2, 0.25) is 0 Å². The Balaban J connectivity index is 1.91. The number of halogens is 1. The molecule has 2 aromatic rings. The molecule has 1 aliphatic rings. The zero-order valence-electron chi connectivity index (χ0n) is 10.7. The zero-order valence-corrected chi connectivity index (χ0v) is 11.5. The Bertz CT molecular complexity index is 707. The molecule has 0 saturated heterocycles. The van der Waals surface area contributed by atoms with Gasteiger partial charge in [-0.25, -0.2) is 9.67 Å². The van der Waals surface area contributed by atoms with Gasteiger partial charge in [0, 0.05) is 24.4 Å². The van der Waals surface area contributed by atoms with Crippen LogP contribution in [0.25, 0.3) is 5.57 Å². The molecule has 0 saturated carbocycles. The molecule has 1 aliphatic heterocycles. The summed E-state index contributed by atoms with van der Waals surface area (Å²) in [7, 11) is 0.